The molecule has 0 radical (unpaired) electrons. The molecule has 8 heteroatoms. The van der Waals surface area contributed by atoms with Crippen molar-refractivity contribution in [1.29, 1.82) is 10.5 Å². The van der Waals surface area contributed by atoms with Crippen molar-refractivity contribution in [3.8, 4) is 22.6 Å². The van der Waals surface area contributed by atoms with Crippen LogP contribution in [0.1, 0.15) is 35.6 Å². The molecular formula is C29H23N5OS2. The SMILES string of the molecule is CCC(Sc1nc(N)c(C#N)c(-c2cccs2)c1C#N)C(=O)N1c2ccccc2CCc2ccccc21. The number of nitrogens with zero attached hydrogens (tertiary/aromatic N) is 4. The van der Waals surface area contributed by atoms with E-state index in [-0.39, 0.29) is 22.9 Å². The molecule has 1 amide bonds. The minimum atomic E-state index is -0.526. The molecule has 0 bridgehead atoms. The van der Waals surface area contributed by atoms with E-state index in [9.17, 15) is 15.3 Å². The Kier molecular flexibility index (Phi) is 6.96. The first kappa shape index (κ1) is 24.6. The molecule has 0 fully saturated rings. The summed E-state index contributed by atoms with van der Waals surface area (Å²) < 4.78 is 0. The number of nitriles is 2. The zero-order valence-electron chi connectivity index (χ0n) is 20.1. The van der Waals surface area contributed by atoms with Gasteiger partial charge in [0, 0.05) is 10.4 Å². The second kappa shape index (κ2) is 10.5. The molecule has 6 nitrogen and oxygen atoms in total. The second-order valence-corrected chi connectivity index (χ2v) is 10.7. The van der Waals surface area contributed by atoms with Gasteiger partial charge in [0.05, 0.1) is 22.2 Å². The van der Waals surface area contributed by atoms with Crippen molar-refractivity contribution in [2.45, 2.75) is 36.5 Å². The first-order valence-electron chi connectivity index (χ1n) is 11.9. The van der Waals surface area contributed by atoms with Crippen LogP contribution in [0.15, 0.2) is 71.1 Å². The maximum absolute atomic E-state index is 14.2. The summed E-state index contributed by atoms with van der Waals surface area (Å²) in [5.41, 5.74) is 11.1. The van der Waals surface area contributed by atoms with E-state index in [1.54, 1.807) is 0 Å². The molecule has 37 heavy (non-hydrogen) atoms. The Bertz CT molecular complexity index is 1520. The summed E-state index contributed by atoms with van der Waals surface area (Å²) in [6, 6.07) is 24.1. The molecule has 1 aliphatic rings. The Morgan fingerprint density at radius 2 is 1.65 bits per heavy atom. The number of amides is 1. The fourth-order valence-electron chi connectivity index (χ4n) is 4.65. The van der Waals surface area contributed by atoms with Gasteiger partial charge in [0.15, 0.2) is 0 Å². The molecule has 2 aromatic heterocycles. The van der Waals surface area contributed by atoms with Gasteiger partial charge in [0.25, 0.3) is 0 Å². The highest BCUT2D eigenvalue weighted by atomic mass is 32.2. The number of carbonyl (C=O) groups excluding carboxylic acids is 1. The van der Waals surface area contributed by atoms with Crippen LogP contribution >= 0.6 is 23.1 Å². The quantitative estimate of drug-likeness (QED) is 0.302. The number of thiophene rings is 1. The van der Waals surface area contributed by atoms with E-state index in [0.717, 1.165) is 40.2 Å². The van der Waals surface area contributed by atoms with Crippen LogP contribution in [-0.2, 0) is 17.6 Å². The summed E-state index contributed by atoms with van der Waals surface area (Å²) in [4.78, 5) is 21.3. The van der Waals surface area contributed by atoms with Crippen molar-refractivity contribution in [2.75, 3.05) is 10.6 Å². The van der Waals surface area contributed by atoms with Crippen LogP contribution in [0.4, 0.5) is 17.2 Å². The maximum Gasteiger partial charge on any atom is 0.245 e. The van der Waals surface area contributed by atoms with Crippen molar-refractivity contribution in [1.82, 2.24) is 4.98 Å². The number of anilines is 3. The minimum Gasteiger partial charge on any atom is -0.383 e. The Hall–Kier alpha value is -4.11. The lowest BCUT2D eigenvalue weighted by atomic mass is 10.0. The minimum absolute atomic E-state index is 0.0557. The van der Waals surface area contributed by atoms with Crippen LogP contribution in [0.3, 0.4) is 0 Å². The van der Waals surface area contributed by atoms with Gasteiger partial charge in [-0.05, 0) is 54.0 Å². The van der Waals surface area contributed by atoms with Gasteiger partial charge in [-0.25, -0.2) is 4.98 Å². The molecule has 1 aliphatic heterocycles. The molecule has 2 N–H and O–H groups in total. The Morgan fingerprint density at radius 3 is 2.19 bits per heavy atom. The summed E-state index contributed by atoms with van der Waals surface area (Å²) >= 11 is 2.66. The monoisotopic (exact) mass is 521 g/mol. The molecule has 182 valence electrons. The number of carbonyl (C=O) groups is 1. The zero-order chi connectivity index (χ0) is 25.9. The second-order valence-electron chi connectivity index (χ2n) is 8.57. The third-order valence-corrected chi connectivity index (χ3v) is 8.66. The molecule has 0 spiro atoms. The zero-order valence-corrected chi connectivity index (χ0v) is 21.8. The van der Waals surface area contributed by atoms with E-state index in [4.69, 9.17) is 5.73 Å². The van der Waals surface area contributed by atoms with E-state index in [0.29, 0.717) is 17.0 Å². The number of thioether (sulfide) groups is 1. The van der Waals surface area contributed by atoms with E-state index in [2.05, 4.69) is 29.3 Å². The van der Waals surface area contributed by atoms with Crippen LogP contribution in [0.5, 0.6) is 0 Å². The lowest BCUT2D eigenvalue weighted by Gasteiger charge is -2.28. The standard InChI is InChI=1S/C29H23N5OS2/c1-2-24(37-28-21(17-31)26(25-12-7-15-36-25)20(16-30)27(32)33-28)29(35)34-22-10-5-3-8-18(22)13-14-19-9-4-6-11-23(19)34/h3-12,15,24H,2,13-14H2,1H3,(H2,32,33). The largest absolute Gasteiger partial charge is 0.383 e. The van der Waals surface area contributed by atoms with Gasteiger partial charge in [-0.15, -0.1) is 11.3 Å². The fourth-order valence-corrected chi connectivity index (χ4v) is 6.50. The summed E-state index contributed by atoms with van der Waals surface area (Å²) in [5.74, 6) is -0.0271. The Balaban J connectivity index is 1.60. The summed E-state index contributed by atoms with van der Waals surface area (Å²) in [7, 11) is 0. The van der Waals surface area contributed by atoms with E-state index in [1.165, 1.54) is 23.1 Å². The first-order valence-corrected chi connectivity index (χ1v) is 13.7. The number of para-hydroxylation sites is 2. The number of nitrogen functional groups attached to an aromatic ring is 1. The number of aryl methyl sites for hydroxylation is 2. The number of hydrogen-bond acceptors (Lipinski definition) is 7. The molecule has 1 atom stereocenters. The van der Waals surface area contributed by atoms with Gasteiger partial charge in [0.1, 0.15) is 28.5 Å². The fraction of sp³-hybridized carbons (Fsp3) is 0.172. The smallest absolute Gasteiger partial charge is 0.245 e. The lowest BCUT2D eigenvalue weighted by Crippen LogP contribution is -2.34. The van der Waals surface area contributed by atoms with Crippen molar-refractivity contribution in [3.63, 3.8) is 0 Å². The molecule has 0 saturated carbocycles. The van der Waals surface area contributed by atoms with Crippen molar-refractivity contribution in [2.24, 2.45) is 0 Å². The van der Waals surface area contributed by atoms with Crippen LogP contribution < -0.4 is 10.6 Å². The van der Waals surface area contributed by atoms with Gasteiger partial charge in [-0.2, -0.15) is 10.5 Å². The summed E-state index contributed by atoms with van der Waals surface area (Å²) in [5, 5.41) is 21.6. The summed E-state index contributed by atoms with van der Waals surface area (Å²) in [6.45, 7) is 1.95. The molecule has 0 aliphatic carbocycles. The number of rotatable bonds is 5. The van der Waals surface area contributed by atoms with Crippen molar-refractivity contribution < 1.29 is 4.79 Å². The van der Waals surface area contributed by atoms with E-state index >= 15 is 0 Å². The average molecular weight is 522 g/mol. The molecule has 2 aromatic carbocycles. The molecular weight excluding hydrogens is 498 g/mol. The first-order chi connectivity index (χ1) is 18.1. The third kappa shape index (κ3) is 4.46. The molecule has 1 unspecified atom stereocenters. The van der Waals surface area contributed by atoms with Crippen LogP contribution in [0.25, 0.3) is 10.4 Å². The van der Waals surface area contributed by atoms with Gasteiger partial charge in [0.2, 0.25) is 5.91 Å². The molecule has 4 aromatic rings. The Labute approximate surface area is 224 Å². The lowest BCUT2D eigenvalue weighted by molar-refractivity contribution is -0.117. The molecule has 3 heterocycles. The topological polar surface area (TPSA) is 107 Å². The molecule has 5 rings (SSSR count). The van der Waals surface area contributed by atoms with E-state index in [1.807, 2.05) is 65.7 Å². The van der Waals surface area contributed by atoms with Crippen LogP contribution in [-0.4, -0.2) is 16.1 Å². The maximum atomic E-state index is 14.2. The molecule has 0 saturated heterocycles. The number of fused-ring (bicyclic) bond motifs is 2. The predicted octanol–water partition coefficient (Wildman–Crippen LogP) is 6.47. The highest BCUT2D eigenvalue weighted by Gasteiger charge is 2.32. The van der Waals surface area contributed by atoms with Gasteiger partial charge < -0.3 is 5.73 Å². The number of hydrogen-bond donors (Lipinski definition) is 1. The number of benzene rings is 2. The van der Waals surface area contributed by atoms with E-state index < -0.39 is 5.25 Å². The normalized spacial score (nSPS) is 13.0. The van der Waals surface area contributed by atoms with Crippen LogP contribution in [0, 0.1) is 22.7 Å². The number of pyridine rings is 1. The average Bonchev–Trinajstić information content (AvgIpc) is 3.40. The number of aromatic nitrogens is 1. The Morgan fingerprint density at radius 1 is 1.03 bits per heavy atom. The highest BCUT2D eigenvalue weighted by molar-refractivity contribution is 8.00. The van der Waals surface area contributed by atoms with Crippen molar-refractivity contribution >= 4 is 46.2 Å². The van der Waals surface area contributed by atoms with Gasteiger partial charge >= 0.3 is 0 Å². The predicted molar refractivity (Wildman–Crippen MR) is 149 cm³/mol. The summed E-state index contributed by atoms with van der Waals surface area (Å²) in [6.07, 6.45) is 2.21. The number of nitrogens with two attached hydrogens (primary N) is 1. The van der Waals surface area contributed by atoms with Gasteiger partial charge in [-0.1, -0.05) is 61.2 Å². The van der Waals surface area contributed by atoms with Crippen molar-refractivity contribution in [3.05, 3.63) is 88.3 Å². The van der Waals surface area contributed by atoms with Crippen LogP contribution in [0.2, 0.25) is 0 Å². The van der Waals surface area contributed by atoms with Gasteiger partial charge in [-0.3, -0.25) is 9.69 Å². The third-order valence-electron chi connectivity index (χ3n) is 6.43. The highest BCUT2D eigenvalue weighted by Crippen LogP contribution is 2.42.